The minimum atomic E-state index is -0.443. The van der Waals surface area contributed by atoms with Crippen LogP contribution < -0.4 is 11.5 Å². The second-order valence-corrected chi connectivity index (χ2v) is 8.74. The molecular weight excluding hydrogens is 378 g/mol. The highest BCUT2D eigenvalue weighted by atomic mass is 32.2. The molecule has 3 atom stereocenters. The van der Waals surface area contributed by atoms with Crippen LogP contribution >= 0.6 is 24.4 Å². The summed E-state index contributed by atoms with van der Waals surface area (Å²) in [4.78, 5) is 26.3. The topological polar surface area (TPSA) is 89.4 Å². The van der Waals surface area contributed by atoms with Crippen molar-refractivity contribution < 1.29 is 9.59 Å². The quantitative estimate of drug-likeness (QED) is 0.385. The van der Waals surface area contributed by atoms with E-state index in [2.05, 4.69) is 12.6 Å². The molecule has 5 nitrogen and oxygen atoms in total. The van der Waals surface area contributed by atoms with Crippen molar-refractivity contribution >= 4 is 36.1 Å². The fourth-order valence-electron chi connectivity index (χ4n) is 3.17. The van der Waals surface area contributed by atoms with Crippen LogP contribution in [0, 0.1) is 0 Å². The number of thiol groups is 1. The molecule has 0 unspecified atom stereocenters. The molecule has 27 heavy (non-hydrogen) atoms. The van der Waals surface area contributed by atoms with Crippen molar-refractivity contribution in [2.24, 2.45) is 11.5 Å². The zero-order valence-electron chi connectivity index (χ0n) is 15.8. The Morgan fingerprint density at radius 1 is 1.15 bits per heavy atom. The number of thioether (sulfide) groups is 1. The highest BCUT2D eigenvalue weighted by molar-refractivity contribution is 7.99. The van der Waals surface area contributed by atoms with E-state index in [4.69, 9.17) is 11.5 Å². The third-order valence-corrected chi connectivity index (χ3v) is 6.51. The molecule has 1 saturated heterocycles. The van der Waals surface area contributed by atoms with Crippen molar-refractivity contribution in [3.05, 3.63) is 35.9 Å². The molecule has 1 fully saturated rings. The van der Waals surface area contributed by atoms with Crippen LogP contribution in [0.3, 0.4) is 0 Å². The zero-order valence-corrected chi connectivity index (χ0v) is 17.5. The van der Waals surface area contributed by atoms with Gasteiger partial charge in [-0.15, -0.1) is 11.8 Å². The summed E-state index contributed by atoms with van der Waals surface area (Å²) in [6, 6.07) is 9.21. The average molecular weight is 410 g/mol. The van der Waals surface area contributed by atoms with E-state index in [1.165, 1.54) is 0 Å². The van der Waals surface area contributed by atoms with Crippen LogP contribution in [0.1, 0.15) is 37.7 Å². The molecule has 1 heterocycles. The van der Waals surface area contributed by atoms with E-state index < -0.39 is 11.3 Å². The normalized spacial score (nSPS) is 17.5. The van der Waals surface area contributed by atoms with Crippen molar-refractivity contribution in [3.8, 4) is 0 Å². The number of amides is 1. The SMILES string of the molecule is N[C@H](Cc1ccccc1)[C@H](S)C(=O)CCCCC[C@H](N)C(=O)N1CCSC1. The van der Waals surface area contributed by atoms with Gasteiger partial charge >= 0.3 is 0 Å². The smallest absolute Gasteiger partial charge is 0.240 e. The molecule has 150 valence electrons. The van der Waals surface area contributed by atoms with Crippen LogP contribution in [0.2, 0.25) is 0 Å². The Balaban J connectivity index is 1.60. The molecule has 0 aromatic heterocycles. The van der Waals surface area contributed by atoms with Gasteiger partial charge in [0.2, 0.25) is 5.91 Å². The number of carbonyl (C=O) groups is 2. The van der Waals surface area contributed by atoms with E-state index in [1.807, 2.05) is 35.2 Å². The summed E-state index contributed by atoms with van der Waals surface area (Å²) in [6.45, 7) is 0.804. The molecule has 0 spiro atoms. The molecule has 2 rings (SSSR count). The lowest BCUT2D eigenvalue weighted by Crippen LogP contribution is -2.42. The Labute approximate surface area is 172 Å². The van der Waals surface area contributed by atoms with Gasteiger partial charge in [-0.2, -0.15) is 12.6 Å². The van der Waals surface area contributed by atoms with E-state index in [9.17, 15) is 9.59 Å². The number of Topliss-reactive ketones (excluding diaryl/α,β-unsaturated/α-hetero) is 1. The summed E-state index contributed by atoms with van der Waals surface area (Å²) >= 11 is 6.20. The summed E-state index contributed by atoms with van der Waals surface area (Å²) in [5, 5.41) is -0.443. The van der Waals surface area contributed by atoms with Gasteiger partial charge in [-0.05, 0) is 24.8 Å². The number of hydrogen-bond acceptors (Lipinski definition) is 6. The first-order valence-electron chi connectivity index (χ1n) is 9.61. The van der Waals surface area contributed by atoms with Gasteiger partial charge in [0.1, 0.15) is 5.78 Å². The Kier molecular flexibility index (Phi) is 9.68. The summed E-state index contributed by atoms with van der Waals surface area (Å²) in [6.07, 6.45) is 4.32. The lowest BCUT2D eigenvalue weighted by Gasteiger charge is -2.19. The number of unbranched alkanes of at least 4 members (excludes halogenated alkanes) is 2. The number of hydrogen-bond donors (Lipinski definition) is 3. The standard InChI is InChI=1S/C20H31N3O2S2/c21-16(20(25)23-11-12-27-14-23)9-5-2-6-10-18(24)19(26)17(22)13-15-7-3-1-4-8-15/h1,3-4,7-8,16-17,19,26H,2,5-6,9-14,21-22H2/t16-,17+,19-/m0/s1. The van der Waals surface area contributed by atoms with Gasteiger partial charge in [0.05, 0.1) is 17.2 Å². The van der Waals surface area contributed by atoms with E-state index >= 15 is 0 Å². The predicted octanol–water partition coefficient (Wildman–Crippen LogP) is 2.23. The van der Waals surface area contributed by atoms with E-state index in [1.54, 1.807) is 11.8 Å². The van der Waals surface area contributed by atoms with Gasteiger partial charge < -0.3 is 16.4 Å². The molecule has 0 saturated carbocycles. The minimum Gasteiger partial charge on any atom is -0.331 e. The second-order valence-electron chi connectivity index (χ2n) is 7.11. The van der Waals surface area contributed by atoms with Crippen molar-refractivity contribution in [1.82, 2.24) is 4.90 Å². The Morgan fingerprint density at radius 3 is 2.56 bits per heavy atom. The largest absolute Gasteiger partial charge is 0.331 e. The molecule has 1 aliphatic heterocycles. The van der Waals surface area contributed by atoms with Gasteiger partial charge in [0.15, 0.2) is 0 Å². The van der Waals surface area contributed by atoms with Crippen LogP contribution in [0.4, 0.5) is 0 Å². The van der Waals surface area contributed by atoms with E-state index in [-0.39, 0.29) is 17.7 Å². The molecule has 1 aromatic carbocycles. The Hall–Kier alpha value is -1.02. The molecule has 4 N–H and O–H groups in total. The molecule has 1 amide bonds. The number of ketones is 1. The van der Waals surface area contributed by atoms with Gasteiger partial charge in [-0.3, -0.25) is 9.59 Å². The van der Waals surface area contributed by atoms with Crippen LogP contribution in [-0.4, -0.2) is 52.1 Å². The van der Waals surface area contributed by atoms with Crippen LogP contribution in [-0.2, 0) is 16.0 Å². The zero-order chi connectivity index (χ0) is 19.6. The number of nitrogens with two attached hydrogens (primary N) is 2. The number of rotatable bonds is 11. The molecule has 0 bridgehead atoms. The predicted molar refractivity (Wildman–Crippen MR) is 116 cm³/mol. The third-order valence-electron chi connectivity index (χ3n) is 4.87. The summed E-state index contributed by atoms with van der Waals surface area (Å²) < 4.78 is 0. The average Bonchev–Trinajstić information content (AvgIpc) is 3.21. The minimum absolute atomic E-state index is 0.0541. The highest BCUT2D eigenvalue weighted by Gasteiger charge is 2.24. The molecule has 1 aliphatic rings. The van der Waals surface area contributed by atoms with E-state index in [0.29, 0.717) is 19.3 Å². The Bertz CT molecular complexity index is 594. The van der Waals surface area contributed by atoms with Crippen molar-refractivity contribution in [2.75, 3.05) is 18.2 Å². The van der Waals surface area contributed by atoms with Gasteiger partial charge in [-0.1, -0.05) is 43.2 Å². The molecule has 0 radical (unpaired) electrons. The fraction of sp³-hybridized carbons (Fsp3) is 0.600. The van der Waals surface area contributed by atoms with Crippen LogP contribution in [0.25, 0.3) is 0 Å². The van der Waals surface area contributed by atoms with Crippen molar-refractivity contribution in [2.45, 2.75) is 55.9 Å². The highest BCUT2D eigenvalue weighted by Crippen LogP contribution is 2.16. The summed E-state index contributed by atoms with van der Waals surface area (Å²) in [7, 11) is 0. The second kappa shape index (κ2) is 11.7. The van der Waals surface area contributed by atoms with Gasteiger partial charge in [-0.25, -0.2) is 0 Å². The molecule has 7 heteroatoms. The lowest BCUT2D eigenvalue weighted by atomic mass is 9.98. The molecular formula is C20H31N3O2S2. The van der Waals surface area contributed by atoms with Crippen LogP contribution in [0.5, 0.6) is 0 Å². The monoisotopic (exact) mass is 409 g/mol. The first kappa shape index (κ1) is 22.3. The number of benzene rings is 1. The van der Waals surface area contributed by atoms with E-state index in [0.717, 1.165) is 43.0 Å². The first-order chi connectivity index (χ1) is 13.0. The maximum absolute atomic E-state index is 12.3. The summed E-state index contributed by atoms with van der Waals surface area (Å²) in [5.74, 6) is 1.90. The van der Waals surface area contributed by atoms with Crippen LogP contribution in [0.15, 0.2) is 30.3 Å². The van der Waals surface area contributed by atoms with Crippen molar-refractivity contribution in [1.29, 1.82) is 0 Å². The number of carbonyl (C=O) groups excluding carboxylic acids is 2. The number of nitrogens with zero attached hydrogens (tertiary/aromatic N) is 1. The fourth-order valence-corrected chi connectivity index (χ4v) is 4.36. The third kappa shape index (κ3) is 7.49. The van der Waals surface area contributed by atoms with Gasteiger partial charge in [0.25, 0.3) is 0 Å². The lowest BCUT2D eigenvalue weighted by molar-refractivity contribution is -0.131. The first-order valence-corrected chi connectivity index (χ1v) is 11.3. The van der Waals surface area contributed by atoms with Gasteiger partial charge in [0, 0.05) is 24.8 Å². The molecule has 1 aromatic rings. The molecule has 0 aliphatic carbocycles. The Morgan fingerprint density at radius 2 is 1.89 bits per heavy atom. The summed E-state index contributed by atoms with van der Waals surface area (Å²) in [5.41, 5.74) is 13.3. The maximum Gasteiger partial charge on any atom is 0.240 e. The maximum atomic E-state index is 12.3. The van der Waals surface area contributed by atoms with Crippen molar-refractivity contribution in [3.63, 3.8) is 0 Å².